The average molecular weight is 557 g/mol. The topological polar surface area (TPSA) is 33.6 Å². The molecule has 1 N–H and O–H groups in total. The first-order chi connectivity index (χ1) is 16.1. The van der Waals surface area contributed by atoms with Gasteiger partial charge in [0.05, 0.1) is 16.3 Å². The second-order valence-electron chi connectivity index (χ2n) is 8.54. The fraction of sp³-hybridized carbons (Fsp3) is 0.391. The lowest BCUT2D eigenvalue weighted by atomic mass is 9.85. The van der Waals surface area contributed by atoms with E-state index in [0.29, 0.717) is 41.6 Å². The molecule has 1 unspecified atom stereocenters. The van der Waals surface area contributed by atoms with Crippen molar-refractivity contribution >= 4 is 46.1 Å². The van der Waals surface area contributed by atoms with Gasteiger partial charge in [0.1, 0.15) is 0 Å². The summed E-state index contributed by atoms with van der Waals surface area (Å²) in [5.74, 6) is 0.369. The van der Waals surface area contributed by atoms with Crippen molar-refractivity contribution in [2.24, 2.45) is 11.1 Å². The third-order valence-electron chi connectivity index (χ3n) is 5.33. The normalized spacial score (nSPS) is 18.4. The molecule has 0 fully saturated rings. The van der Waals surface area contributed by atoms with Crippen LogP contribution < -0.4 is 5.32 Å². The Bertz CT molecular complexity index is 1150. The average Bonchev–Trinajstić information content (AvgIpc) is 3.18. The summed E-state index contributed by atoms with van der Waals surface area (Å²) < 4.78 is 82.2. The van der Waals surface area contributed by atoms with E-state index in [9.17, 15) is 26.3 Å². The molecular weight excluding hydrogens is 537 g/mol. The van der Waals surface area contributed by atoms with Crippen LogP contribution >= 0.6 is 35.4 Å². The van der Waals surface area contributed by atoms with Gasteiger partial charge in [-0.1, -0.05) is 66.6 Å². The zero-order valence-corrected chi connectivity index (χ0v) is 20.8. The number of thiocarbonyl (C=S) groups is 1. The summed E-state index contributed by atoms with van der Waals surface area (Å²) in [6.07, 6.45) is -10.2. The molecule has 2 aromatic carbocycles. The Hall–Kier alpha value is -2.04. The minimum absolute atomic E-state index is 0.118. The second kappa shape index (κ2) is 10.1. The Morgan fingerprint density at radius 1 is 1.11 bits per heavy atom. The van der Waals surface area contributed by atoms with Crippen molar-refractivity contribution in [1.82, 2.24) is 5.32 Å². The van der Waals surface area contributed by atoms with Crippen molar-refractivity contribution in [2.45, 2.75) is 51.2 Å². The van der Waals surface area contributed by atoms with Gasteiger partial charge in [-0.25, -0.2) is 0 Å². The Morgan fingerprint density at radius 2 is 1.80 bits per heavy atom. The maximum Gasteiger partial charge on any atom is 0.435 e. The summed E-state index contributed by atoms with van der Waals surface area (Å²) in [5, 5.41) is 6.41. The number of nitrogens with one attached hydrogen (secondary N) is 1. The molecule has 1 aliphatic rings. The first-order valence-corrected chi connectivity index (χ1v) is 11.5. The number of nitrogens with zero attached hydrogens (tertiary/aromatic N) is 1. The van der Waals surface area contributed by atoms with Crippen LogP contribution in [0.25, 0.3) is 0 Å². The number of rotatable bonds is 6. The zero-order chi connectivity index (χ0) is 26.2. The third-order valence-corrected chi connectivity index (χ3v) is 6.21. The second-order valence-corrected chi connectivity index (χ2v) is 9.87. The monoisotopic (exact) mass is 556 g/mol. The van der Waals surface area contributed by atoms with Gasteiger partial charge in [0.15, 0.2) is 0 Å². The number of halogens is 8. The molecule has 2 aromatic rings. The van der Waals surface area contributed by atoms with Crippen molar-refractivity contribution in [3.63, 3.8) is 0 Å². The van der Waals surface area contributed by atoms with Crippen molar-refractivity contribution in [1.29, 1.82) is 0 Å². The third kappa shape index (κ3) is 6.21. The van der Waals surface area contributed by atoms with Gasteiger partial charge in [-0.05, 0) is 35.7 Å². The summed E-state index contributed by atoms with van der Waals surface area (Å²) in [6.45, 7) is 4.37. The van der Waals surface area contributed by atoms with Crippen LogP contribution in [0, 0.1) is 5.92 Å². The van der Waals surface area contributed by atoms with Crippen LogP contribution in [0.4, 0.5) is 26.3 Å². The molecule has 0 aromatic heterocycles. The Kier molecular flexibility index (Phi) is 7.98. The molecule has 0 radical (unpaired) electrons. The molecule has 1 atom stereocenters. The maximum atomic E-state index is 14.2. The number of oxime groups is 1. The molecule has 0 saturated carbocycles. The molecule has 1 heterocycles. The van der Waals surface area contributed by atoms with E-state index in [0.717, 1.165) is 6.07 Å². The van der Waals surface area contributed by atoms with Crippen molar-refractivity contribution < 1.29 is 31.2 Å². The van der Waals surface area contributed by atoms with Crippen molar-refractivity contribution in [3.8, 4) is 0 Å². The summed E-state index contributed by atoms with van der Waals surface area (Å²) in [5.41, 5.74) is -4.47. The molecule has 12 heteroatoms. The summed E-state index contributed by atoms with van der Waals surface area (Å²) in [4.78, 5) is 5.49. The van der Waals surface area contributed by atoms with Gasteiger partial charge in [0.2, 0.25) is 0 Å². The van der Waals surface area contributed by atoms with Crippen molar-refractivity contribution in [3.05, 3.63) is 68.7 Å². The largest absolute Gasteiger partial charge is 0.435 e. The number of hydrogen-bond donors (Lipinski definition) is 1. The first-order valence-electron chi connectivity index (χ1n) is 10.4. The maximum absolute atomic E-state index is 14.2. The van der Waals surface area contributed by atoms with Crippen LogP contribution in [0.15, 0.2) is 41.6 Å². The SMILES string of the molecule is CC(C)CC(=S)NCc1ccc(C2=NOC(c3cc(Cl)cc(C(F)(F)F)c3)(C(F)(F)F)C2)cc1Cl. The van der Waals surface area contributed by atoms with Gasteiger partial charge in [-0.3, -0.25) is 0 Å². The standard InChI is InChI=1S/C23H20Cl2F6N2OS/c1-12(2)5-20(35)32-11-14-4-3-13(6-18(14)25)19-10-21(34-33-19,23(29,30)31)15-7-16(22(26,27)28)9-17(24)8-15/h3-4,6-9,12H,5,10-11H2,1-2H3,(H,32,35). The predicted octanol–water partition coefficient (Wildman–Crippen LogP) is 8.06. The van der Waals surface area contributed by atoms with E-state index < -0.39 is 40.5 Å². The lowest BCUT2D eigenvalue weighted by Crippen LogP contribution is -2.42. The highest BCUT2D eigenvalue weighted by Crippen LogP contribution is 2.50. The minimum Gasteiger partial charge on any atom is -0.376 e. The van der Waals surface area contributed by atoms with E-state index >= 15 is 0 Å². The highest BCUT2D eigenvalue weighted by Gasteiger charge is 2.62. The Balaban J connectivity index is 1.88. The summed E-state index contributed by atoms with van der Waals surface area (Å²) in [7, 11) is 0. The quantitative estimate of drug-likeness (QED) is 0.288. The number of benzene rings is 2. The van der Waals surface area contributed by atoms with Crippen LogP contribution in [0.1, 0.15) is 48.9 Å². The molecule has 0 bridgehead atoms. The molecule has 3 nitrogen and oxygen atoms in total. The summed E-state index contributed by atoms with van der Waals surface area (Å²) >= 11 is 17.3. The summed E-state index contributed by atoms with van der Waals surface area (Å²) in [6, 6.07) is 6.27. The fourth-order valence-electron chi connectivity index (χ4n) is 3.55. The van der Waals surface area contributed by atoms with Crippen LogP contribution in [-0.2, 0) is 23.2 Å². The van der Waals surface area contributed by atoms with E-state index in [2.05, 4.69) is 10.5 Å². The molecule has 0 amide bonds. The smallest absolute Gasteiger partial charge is 0.376 e. The van der Waals surface area contributed by atoms with E-state index in [1.165, 1.54) is 12.1 Å². The lowest BCUT2D eigenvalue weighted by molar-refractivity contribution is -0.276. The lowest BCUT2D eigenvalue weighted by Gasteiger charge is -2.30. The molecule has 190 valence electrons. The van der Waals surface area contributed by atoms with E-state index in [-0.39, 0.29) is 16.3 Å². The molecule has 3 rings (SSSR count). The predicted molar refractivity (Wildman–Crippen MR) is 127 cm³/mol. The van der Waals surface area contributed by atoms with Crippen LogP contribution in [-0.4, -0.2) is 16.9 Å². The van der Waals surface area contributed by atoms with Gasteiger partial charge in [-0.15, -0.1) is 0 Å². The highest BCUT2D eigenvalue weighted by atomic mass is 35.5. The van der Waals surface area contributed by atoms with E-state index in [1.54, 1.807) is 6.07 Å². The van der Waals surface area contributed by atoms with Gasteiger partial charge in [0.25, 0.3) is 5.60 Å². The number of hydrogen-bond acceptors (Lipinski definition) is 3. The molecular formula is C23H20Cl2F6N2OS. The highest BCUT2D eigenvalue weighted by molar-refractivity contribution is 7.80. The van der Waals surface area contributed by atoms with Gasteiger partial charge >= 0.3 is 12.4 Å². The van der Waals surface area contributed by atoms with Gasteiger partial charge in [0, 0.05) is 40.6 Å². The molecule has 35 heavy (non-hydrogen) atoms. The van der Waals surface area contributed by atoms with Crippen LogP contribution in [0.3, 0.4) is 0 Å². The molecule has 1 aliphatic heterocycles. The van der Waals surface area contributed by atoms with Crippen molar-refractivity contribution in [2.75, 3.05) is 0 Å². The minimum atomic E-state index is -5.09. The van der Waals surface area contributed by atoms with E-state index in [4.69, 9.17) is 40.3 Å². The van der Waals surface area contributed by atoms with Gasteiger partial charge < -0.3 is 10.2 Å². The molecule has 0 saturated heterocycles. The van der Waals surface area contributed by atoms with Gasteiger partial charge in [-0.2, -0.15) is 26.3 Å². The molecule has 0 spiro atoms. The zero-order valence-electron chi connectivity index (χ0n) is 18.5. The number of alkyl halides is 6. The molecule has 0 aliphatic carbocycles. The fourth-order valence-corrected chi connectivity index (χ4v) is 4.44. The van der Waals surface area contributed by atoms with Crippen LogP contribution in [0.5, 0.6) is 0 Å². The Morgan fingerprint density at radius 3 is 2.37 bits per heavy atom. The first kappa shape index (κ1) is 27.5. The van der Waals surface area contributed by atoms with E-state index in [1.807, 2.05) is 13.8 Å². The Labute approximate surface area is 213 Å². The van der Waals surface area contributed by atoms with Crippen LogP contribution in [0.2, 0.25) is 10.0 Å².